The van der Waals surface area contributed by atoms with Crippen LogP contribution in [0.4, 0.5) is 45.5 Å². The summed E-state index contributed by atoms with van der Waals surface area (Å²) in [6.07, 6.45) is 1.83. The standard InChI is InChI=1S/C74H66BN3/c1-49-42-68-70-69(43-49)77(64-41-35-57(72(5,6)7)45-60(64)51-24-14-10-15-25-51)66-44-52(50-22-12-9-13-23-50)32-39-62(66)75(70)63-40-38-59(46-67(63)76(68)58-36-33-55(34-37-58)71(2,3)4)78-65-31-21-20-30-61(65)74(56-28-16-11-17-29-56)48-54-27-19-18-26-53(54)47-73(74,78)8/h9-46H,47-48H2,1-8H3. The average molecular weight is 1010 g/mol. The molecule has 0 bridgehead atoms. The largest absolute Gasteiger partial charge is 0.334 e. The van der Waals surface area contributed by atoms with Crippen LogP contribution in [0.1, 0.15) is 87.4 Å². The Hall–Kier alpha value is -8.34. The Bertz CT molecular complexity index is 3980. The topological polar surface area (TPSA) is 9.72 Å². The summed E-state index contributed by atoms with van der Waals surface area (Å²) in [4.78, 5) is 7.98. The molecule has 380 valence electrons. The highest BCUT2D eigenvalue weighted by Gasteiger charge is 2.62. The molecule has 10 aromatic rings. The molecule has 10 aromatic carbocycles. The predicted molar refractivity (Wildman–Crippen MR) is 332 cm³/mol. The van der Waals surface area contributed by atoms with E-state index in [4.69, 9.17) is 0 Å². The van der Waals surface area contributed by atoms with E-state index in [0.717, 1.165) is 18.5 Å². The number of anilines is 8. The Morgan fingerprint density at radius 1 is 0.410 bits per heavy atom. The summed E-state index contributed by atoms with van der Waals surface area (Å²) < 4.78 is 0. The molecule has 0 saturated heterocycles. The summed E-state index contributed by atoms with van der Waals surface area (Å²) in [5.41, 5.74) is 27.2. The molecule has 0 N–H and O–H groups in total. The fraction of sp³-hybridized carbons (Fsp3) is 0.189. The third-order valence-electron chi connectivity index (χ3n) is 18.1. The molecular weight excluding hydrogens is 942 g/mol. The first-order chi connectivity index (χ1) is 37.7. The van der Waals surface area contributed by atoms with E-state index in [1.54, 1.807) is 0 Å². The molecule has 0 saturated carbocycles. The Balaban J connectivity index is 1.04. The lowest BCUT2D eigenvalue weighted by atomic mass is 9.33. The smallest absolute Gasteiger partial charge is 0.252 e. The van der Waals surface area contributed by atoms with Crippen molar-refractivity contribution in [1.29, 1.82) is 0 Å². The summed E-state index contributed by atoms with van der Waals surface area (Å²) >= 11 is 0. The minimum atomic E-state index is -0.346. The van der Waals surface area contributed by atoms with E-state index in [9.17, 15) is 0 Å². The quantitative estimate of drug-likeness (QED) is 0.154. The van der Waals surface area contributed by atoms with E-state index in [0.29, 0.717) is 0 Å². The number of rotatable bonds is 6. The normalized spacial score (nSPS) is 17.9. The van der Waals surface area contributed by atoms with Gasteiger partial charge in [-0.3, -0.25) is 0 Å². The lowest BCUT2D eigenvalue weighted by Gasteiger charge is -2.53. The van der Waals surface area contributed by atoms with Crippen LogP contribution in [0.15, 0.2) is 231 Å². The third-order valence-corrected chi connectivity index (χ3v) is 18.1. The molecule has 2 atom stereocenters. The molecule has 0 fully saturated rings. The van der Waals surface area contributed by atoms with E-state index >= 15 is 0 Å². The molecule has 0 radical (unpaired) electrons. The Morgan fingerprint density at radius 3 is 1.64 bits per heavy atom. The molecule has 0 spiro atoms. The molecule has 1 aliphatic carbocycles. The van der Waals surface area contributed by atoms with E-state index in [-0.39, 0.29) is 28.5 Å². The third kappa shape index (κ3) is 7.25. The van der Waals surface area contributed by atoms with Crippen LogP contribution in [0.3, 0.4) is 0 Å². The van der Waals surface area contributed by atoms with Gasteiger partial charge in [-0.15, -0.1) is 0 Å². The van der Waals surface area contributed by atoms with E-state index in [1.165, 1.54) is 117 Å². The number of para-hydroxylation sites is 1. The van der Waals surface area contributed by atoms with Gasteiger partial charge in [0.15, 0.2) is 0 Å². The lowest BCUT2D eigenvalue weighted by molar-refractivity contribution is 0.281. The van der Waals surface area contributed by atoms with Crippen molar-refractivity contribution in [1.82, 2.24) is 0 Å². The molecule has 14 rings (SSSR count). The zero-order chi connectivity index (χ0) is 53.3. The van der Waals surface area contributed by atoms with Gasteiger partial charge in [0, 0.05) is 50.8 Å². The molecule has 4 aliphatic rings. The maximum atomic E-state index is 2.75. The number of nitrogens with zero attached hydrogens (tertiary/aromatic N) is 3. The van der Waals surface area contributed by atoms with Crippen LogP contribution in [-0.2, 0) is 29.1 Å². The second kappa shape index (κ2) is 17.6. The maximum Gasteiger partial charge on any atom is 0.252 e. The highest BCUT2D eigenvalue weighted by Crippen LogP contribution is 2.63. The van der Waals surface area contributed by atoms with Gasteiger partial charge >= 0.3 is 0 Å². The van der Waals surface area contributed by atoms with Gasteiger partial charge in [-0.2, -0.15) is 0 Å². The van der Waals surface area contributed by atoms with E-state index in [2.05, 4.69) is 301 Å². The van der Waals surface area contributed by atoms with Gasteiger partial charge in [0.1, 0.15) is 0 Å². The van der Waals surface area contributed by atoms with Crippen molar-refractivity contribution in [3.63, 3.8) is 0 Å². The van der Waals surface area contributed by atoms with Gasteiger partial charge in [-0.25, -0.2) is 0 Å². The minimum absolute atomic E-state index is 0.00334. The molecule has 0 amide bonds. The summed E-state index contributed by atoms with van der Waals surface area (Å²) in [6.45, 7) is 18.7. The number of benzene rings is 10. The zero-order valence-corrected chi connectivity index (χ0v) is 46.3. The first-order valence-corrected chi connectivity index (χ1v) is 28.1. The van der Waals surface area contributed by atoms with Crippen molar-refractivity contribution in [2.45, 2.75) is 90.0 Å². The van der Waals surface area contributed by atoms with Gasteiger partial charge < -0.3 is 14.7 Å². The second-order valence-electron chi connectivity index (χ2n) is 24.9. The van der Waals surface area contributed by atoms with Crippen LogP contribution < -0.4 is 31.1 Å². The Kier molecular flexibility index (Phi) is 10.8. The monoisotopic (exact) mass is 1010 g/mol. The second-order valence-corrected chi connectivity index (χ2v) is 24.9. The van der Waals surface area contributed by atoms with E-state index < -0.39 is 0 Å². The molecule has 0 aromatic heterocycles. The fourth-order valence-corrected chi connectivity index (χ4v) is 14.3. The lowest BCUT2D eigenvalue weighted by Crippen LogP contribution is -2.61. The summed E-state index contributed by atoms with van der Waals surface area (Å²) in [6, 6.07) is 88.3. The molecule has 3 nitrogen and oxygen atoms in total. The van der Waals surface area contributed by atoms with Crippen LogP contribution in [0.2, 0.25) is 0 Å². The molecule has 3 aliphatic heterocycles. The summed E-state index contributed by atoms with van der Waals surface area (Å²) in [7, 11) is 0. The number of hydrogen-bond acceptors (Lipinski definition) is 3. The number of fused-ring (bicyclic) bond motifs is 8. The fourth-order valence-electron chi connectivity index (χ4n) is 14.3. The minimum Gasteiger partial charge on any atom is -0.334 e. The summed E-state index contributed by atoms with van der Waals surface area (Å²) in [5.74, 6) is 0. The number of aryl methyl sites for hydroxylation is 1. The van der Waals surface area contributed by atoms with Crippen molar-refractivity contribution in [2.24, 2.45) is 0 Å². The van der Waals surface area contributed by atoms with Crippen molar-refractivity contribution in [3.8, 4) is 22.3 Å². The highest BCUT2D eigenvalue weighted by atomic mass is 15.3. The van der Waals surface area contributed by atoms with Gasteiger partial charge in [-0.05, 0) is 170 Å². The van der Waals surface area contributed by atoms with Gasteiger partial charge in [0.05, 0.1) is 11.2 Å². The first-order valence-electron chi connectivity index (χ1n) is 28.1. The molecular formula is C74H66BN3. The van der Waals surface area contributed by atoms with Crippen molar-refractivity contribution in [3.05, 3.63) is 269 Å². The average Bonchev–Trinajstić information content (AvgIpc) is 3.43. The number of hydrogen-bond donors (Lipinski definition) is 0. The van der Waals surface area contributed by atoms with Crippen molar-refractivity contribution in [2.75, 3.05) is 14.7 Å². The first kappa shape index (κ1) is 48.1. The van der Waals surface area contributed by atoms with Crippen LogP contribution in [0.5, 0.6) is 0 Å². The predicted octanol–water partition coefficient (Wildman–Crippen LogP) is 17.0. The Morgan fingerprint density at radius 2 is 0.962 bits per heavy atom. The van der Waals surface area contributed by atoms with E-state index in [1.807, 2.05) is 0 Å². The zero-order valence-electron chi connectivity index (χ0n) is 46.3. The van der Waals surface area contributed by atoms with Crippen molar-refractivity contribution >= 4 is 68.6 Å². The van der Waals surface area contributed by atoms with Gasteiger partial charge in [0.2, 0.25) is 0 Å². The van der Waals surface area contributed by atoms with Crippen LogP contribution in [-0.4, -0.2) is 12.3 Å². The highest BCUT2D eigenvalue weighted by molar-refractivity contribution is 7.00. The molecule has 4 heteroatoms. The van der Waals surface area contributed by atoms with Crippen LogP contribution in [0, 0.1) is 6.92 Å². The molecule has 3 heterocycles. The molecule has 2 unspecified atom stereocenters. The maximum absolute atomic E-state index is 2.75. The SMILES string of the molecule is Cc1cc2c3c(c1)N(c1ccc(C(C)(C)C)cc1-c1ccccc1)c1cc(-c4ccccc4)ccc1B3c1ccc(N3c4ccccc4C4(c5ccccc5)Cc5ccccc5CC34C)cc1N2c1ccc(C(C)(C)C)cc1. The van der Waals surface area contributed by atoms with Crippen LogP contribution in [0.25, 0.3) is 22.3 Å². The van der Waals surface area contributed by atoms with Gasteiger partial charge in [-0.1, -0.05) is 211 Å². The van der Waals surface area contributed by atoms with Crippen LogP contribution >= 0.6 is 0 Å². The van der Waals surface area contributed by atoms with Crippen molar-refractivity contribution < 1.29 is 0 Å². The molecule has 78 heavy (non-hydrogen) atoms. The van der Waals surface area contributed by atoms with Gasteiger partial charge in [0.25, 0.3) is 6.71 Å². The Labute approximate surface area is 462 Å². The summed E-state index contributed by atoms with van der Waals surface area (Å²) in [5, 5.41) is 0.